The first-order valence-corrected chi connectivity index (χ1v) is 1.99. The third-order valence-electron chi connectivity index (χ3n) is 0.693. The molecule has 7 nitrogen and oxygen atoms in total. The number of aromatic amines is 1. The van der Waals surface area contributed by atoms with E-state index in [1.807, 2.05) is 5.10 Å². The van der Waals surface area contributed by atoms with Crippen LogP contribution in [0.5, 0.6) is 0 Å². The second kappa shape index (κ2) is 1.69. The second-order valence-corrected chi connectivity index (χ2v) is 1.29. The third-order valence-corrected chi connectivity index (χ3v) is 0.693. The number of nitro groups is 1. The predicted octanol–water partition coefficient (Wildman–Crippen LogP) is -1.05. The summed E-state index contributed by atoms with van der Waals surface area (Å²) in [6.45, 7) is 0. The second-order valence-electron chi connectivity index (χ2n) is 1.29. The number of H-pyrrole nitrogens is 1. The van der Waals surface area contributed by atoms with Gasteiger partial charge in [-0.15, -0.1) is 9.94 Å². The predicted molar refractivity (Wildman–Crippen MR) is 24.2 cm³/mol. The molecule has 0 saturated heterocycles. The molecule has 0 aromatic carbocycles. The molecule has 0 bridgehead atoms. The Morgan fingerprint density at radius 1 is 1.89 bits per heavy atom. The van der Waals surface area contributed by atoms with Crippen LogP contribution in [0, 0.1) is 15.3 Å². The fourth-order valence-corrected chi connectivity index (χ4v) is 0.351. The van der Waals surface area contributed by atoms with E-state index < -0.39 is 10.7 Å². The highest BCUT2D eigenvalue weighted by atomic mass is 16.6. The molecule has 0 aliphatic heterocycles. The Morgan fingerprint density at radius 2 is 2.56 bits per heavy atom. The maximum Gasteiger partial charge on any atom is 0.386 e. The van der Waals surface area contributed by atoms with Crippen LogP contribution < -0.4 is 4.85 Å². The number of aromatic nitrogens is 3. The molecule has 1 heterocycles. The standard InChI is InChI=1S/C2H2N4O3/c7-5-1-2(3-4-5)6(8)9/h1,3H. The minimum atomic E-state index is -0.735. The van der Waals surface area contributed by atoms with Crippen LogP contribution in [-0.4, -0.2) is 15.2 Å². The molecule has 1 aromatic heterocycles. The van der Waals surface area contributed by atoms with Crippen molar-refractivity contribution in [3.05, 3.63) is 21.5 Å². The molecule has 0 unspecified atom stereocenters. The summed E-state index contributed by atoms with van der Waals surface area (Å²) in [6, 6.07) is 0. The zero-order valence-corrected chi connectivity index (χ0v) is 4.14. The molecule has 0 aliphatic rings. The number of nitrogens with zero attached hydrogens (tertiary/aromatic N) is 3. The fourth-order valence-electron chi connectivity index (χ4n) is 0.351. The van der Waals surface area contributed by atoms with E-state index in [9.17, 15) is 15.3 Å². The molecule has 0 fully saturated rings. The molecule has 7 heteroatoms. The van der Waals surface area contributed by atoms with Gasteiger partial charge in [0.1, 0.15) is 0 Å². The van der Waals surface area contributed by atoms with Crippen molar-refractivity contribution in [3.8, 4) is 0 Å². The average Bonchev–Trinajstić information content (AvgIpc) is 2.14. The van der Waals surface area contributed by atoms with E-state index in [4.69, 9.17) is 0 Å². The van der Waals surface area contributed by atoms with Crippen molar-refractivity contribution in [2.45, 2.75) is 0 Å². The van der Waals surface area contributed by atoms with Crippen molar-refractivity contribution < 1.29 is 9.77 Å². The van der Waals surface area contributed by atoms with Gasteiger partial charge in [0, 0.05) is 0 Å². The van der Waals surface area contributed by atoms with Gasteiger partial charge >= 0.3 is 5.82 Å². The molecular formula is C2H2N4O3. The molecule has 0 amide bonds. The van der Waals surface area contributed by atoms with Crippen LogP contribution in [0.3, 0.4) is 0 Å². The van der Waals surface area contributed by atoms with Gasteiger partial charge in [-0.2, -0.15) is 0 Å². The summed E-state index contributed by atoms with van der Waals surface area (Å²) in [4.78, 5) is 9.14. The Morgan fingerprint density at radius 3 is 2.78 bits per heavy atom. The summed E-state index contributed by atoms with van der Waals surface area (Å²) >= 11 is 0. The van der Waals surface area contributed by atoms with E-state index in [0.717, 1.165) is 6.20 Å². The molecule has 9 heavy (non-hydrogen) atoms. The Kier molecular flexibility index (Phi) is 1.03. The summed E-state index contributed by atoms with van der Waals surface area (Å²) in [5.41, 5.74) is 0. The van der Waals surface area contributed by atoms with Crippen LogP contribution >= 0.6 is 0 Å². The molecule has 0 spiro atoms. The zero-order valence-electron chi connectivity index (χ0n) is 4.14. The van der Waals surface area contributed by atoms with Gasteiger partial charge in [0.15, 0.2) is 0 Å². The maximum atomic E-state index is 10.1. The lowest BCUT2D eigenvalue weighted by atomic mass is 10.8. The van der Waals surface area contributed by atoms with E-state index in [1.165, 1.54) is 0 Å². The first-order valence-electron chi connectivity index (χ1n) is 1.99. The van der Waals surface area contributed by atoms with Gasteiger partial charge in [-0.1, -0.05) is 0 Å². The van der Waals surface area contributed by atoms with E-state index >= 15 is 0 Å². The summed E-state index contributed by atoms with van der Waals surface area (Å²) in [7, 11) is 0. The summed E-state index contributed by atoms with van der Waals surface area (Å²) in [5, 5.41) is 24.7. The van der Waals surface area contributed by atoms with E-state index in [2.05, 4.69) is 5.21 Å². The van der Waals surface area contributed by atoms with Crippen molar-refractivity contribution >= 4 is 5.82 Å². The smallest absolute Gasteiger partial charge is 0.386 e. The third kappa shape index (κ3) is 0.929. The molecular weight excluding hydrogens is 128 g/mol. The topological polar surface area (TPSA) is 98.8 Å². The number of rotatable bonds is 1. The van der Waals surface area contributed by atoms with Crippen molar-refractivity contribution in [2.75, 3.05) is 0 Å². The minimum Gasteiger partial charge on any atom is -0.691 e. The fraction of sp³-hybridized carbons (Fsp3) is 0. The average molecular weight is 130 g/mol. The monoisotopic (exact) mass is 130 g/mol. The van der Waals surface area contributed by atoms with Crippen molar-refractivity contribution in [1.82, 2.24) is 10.3 Å². The molecule has 0 atom stereocenters. The van der Waals surface area contributed by atoms with Crippen molar-refractivity contribution in [3.63, 3.8) is 0 Å². The van der Waals surface area contributed by atoms with Gasteiger partial charge in [0.2, 0.25) is 6.20 Å². The van der Waals surface area contributed by atoms with Crippen LogP contribution in [0.15, 0.2) is 6.20 Å². The summed E-state index contributed by atoms with van der Waals surface area (Å²) < 4.78 is 0. The molecule has 0 aliphatic carbocycles. The number of nitrogens with one attached hydrogen (secondary N) is 1. The molecule has 1 aromatic rings. The SMILES string of the molecule is O=[N+]([O-])c1c[n+]([O-])n[nH]1. The molecule has 1 rings (SSSR count). The first kappa shape index (κ1) is 5.48. The van der Waals surface area contributed by atoms with E-state index in [1.54, 1.807) is 0 Å². The van der Waals surface area contributed by atoms with Crippen LogP contribution in [-0.2, 0) is 0 Å². The Balaban J connectivity index is 2.98. The quantitative estimate of drug-likeness (QED) is 0.227. The van der Waals surface area contributed by atoms with Gasteiger partial charge in [-0.05, 0) is 4.92 Å². The van der Waals surface area contributed by atoms with Crippen LogP contribution in [0.4, 0.5) is 5.82 Å². The van der Waals surface area contributed by atoms with Crippen LogP contribution in [0.25, 0.3) is 0 Å². The summed E-state index contributed by atoms with van der Waals surface area (Å²) in [6.07, 6.45) is 0.736. The minimum absolute atomic E-state index is 0.0815. The van der Waals surface area contributed by atoms with Crippen LogP contribution in [0.1, 0.15) is 0 Å². The van der Waals surface area contributed by atoms with Crippen molar-refractivity contribution in [2.24, 2.45) is 0 Å². The lowest BCUT2D eigenvalue weighted by Crippen LogP contribution is -2.26. The molecule has 48 valence electrons. The highest BCUT2D eigenvalue weighted by Gasteiger charge is 2.06. The molecule has 1 N–H and O–H groups in total. The molecule has 0 saturated carbocycles. The van der Waals surface area contributed by atoms with Crippen molar-refractivity contribution in [1.29, 1.82) is 0 Å². The van der Waals surface area contributed by atoms with Crippen LogP contribution in [0.2, 0.25) is 0 Å². The van der Waals surface area contributed by atoms with Gasteiger partial charge in [0.05, 0.1) is 5.21 Å². The largest absolute Gasteiger partial charge is 0.691 e. The highest BCUT2D eigenvalue weighted by molar-refractivity contribution is 5.04. The Bertz CT molecular complexity index is 229. The zero-order chi connectivity index (χ0) is 6.85. The lowest BCUT2D eigenvalue weighted by molar-refractivity contribution is -0.669. The molecule has 0 radical (unpaired) electrons. The normalized spacial score (nSPS) is 9.33. The van der Waals surface area contributed by atoms with Gasteiger partial charge in [-0.3, -0.25) is 0 Å². The van der Waals surface area contributed by atoms with Gasteiger partial charge < -0.3 is 15.3 Å². The Labute approximate surface area is 48.6 Å². The lowest BCUT2D eigenvalue weighted by Gasteiger charge is -1.84. The Hall–Kier alpha value is -1.66. The van der Waals surface area contributed by atoms with Gasteiger partial charge in [0.25, 0.3) is 0 Å². The van der Waals surface area contributed by atoms with E-state index in [-0.39, 0.29) is 4.85 Å². The summed E-state index contributed by atoms with van der Waals surface area (Å²) in [5.74, 6) is -0.412. The highest BCUT2D eigenvalue weighted by Crippen LogP contribution is 1.96. The van der Waals surface area contributed by atoms with E-state index in [0.29, 0.717) is 0 Å². The maximum absolute atomic E-state index is 10.1. The van der Waals surface area contributed by atoms with Gasteiger partial charge in [-0.25, -0.2) is 0 Å². The first-order chi connectivity index (χ1) is 4.20. The number of hydrogen-bond donors (Lipinski definition) is 1. The number of hydrogen-bond acceptors (Lipinski definition) is 4.